The Labute approximate surface area is 146 Å². The van der Waals surface area contributed by atoms with Crippen LogP contribution in [-0.2, 0) is 11.2 Å². The average Bonchev–Trinajstić information content (AvgIpc) is 2.65. The molecule has 0 radical (unpaired) electrons. The summed E-state index contributed by atoms with van der Waals surface area (Å²) in [4.78, 5) is 23.7. The van der Waals surface area contributed by atoms with Crippen LogP contribution in [0.25, 0.3) is 10.8 Å². The van der Waals surface area contributed by atoms with E-state index in [1.54, 1.807) is 24.3 Å². The number of benzene rings is 3. The smallest absolute Gasteiger partial charge is 0.321 e. The highest BCUT2D eigenvalue weighted by Gasteiger charge is 2.19. The Bertz CT molecular complexity index is 890. The molecular weight excluding hydrogens is 314 g/mol. The number of rotatable bonds is 7. The molecule has 3 aromatic carbocycles. The number of carbonyl (C=O) groups excluding carboxylic acids is 1. The Balaban J connectivity index is 1.68. The number of hydrogen-bond donors (Lipinski definition) is 2. The summed E-state index contributed by atoms with van der Waals surface area (Å²) >= 11 is 0. The molecule has 4 heteroatoms. The fourth-order valence-electron chi connectivity index (χ4n) is 2.79. The number of aliphatic carboxylic acids is 1. The molecule has 0 aliphatic carbocycles. The summed E-state index contributed by atoms with van der Waals surface area (Å²) < 4.78 is 0. The van der Waals surface area contributed by atoms with Crippen LogP contribution in [-0.4, -0.2) is 29.4 Å². The van der Waals surface area contributed by atoms with Gasteiger partial charge in [-0.15, -0.1) is 0 Å². The molecule has 126 valence electrons. The second-order valence-electron chi connectivity index (χ2n) is 5.95. The van der Waals surface area contributed by atoms with Gasteiger partial charge in [0.2, 0.25) is 0 Å². The fourth-order valence-corrected chi connectivity index (χ4v) is 2.79. The van der Waals surface area contributed by atoms with Crippen molar-refractivity contribution in [1.29, 1.82) is 0 Å². The van der Waals surface area contributed by atoms with Crippen molar-refractivity contribution >= 4 is 22.5 Å². The van der Waals surface area contributed by atoms with Crippen molar-refractivity contribution in [3.8, 4) is 0 Å². The van der Waals surface area contributed by atoms with Gasteiger partial charge in [0.1, 0.15) is 6.04 Å². The molecule has 0 unspecified atom stereocenters. The van der Waals surface area contributed by atoms with Gasteiger partial charge in [0.15, 0.2) is 5.78 Å². The van der Waals surface area contributed by atoms with Crippen LogP contribution in [0, 0.1) is 0 Å². The lowest BCUT2D eigenvalue weighted by molar-refractivity contribution is -0.139. The molecule has 0 saturated heterocycles. The number of ketones is 1. The molecule has 4 nitrogen and oxygen atoms in total. The largest absolute Gasteiger partial charge is 0.480 e. The zero-order valence-electron chi connectivity index (χ0n) is 13.7. The highest BCUT2D eigenvalue weighted by molar-refractivity contribution is 5.97. The molecule has 0 aliphatic rings. The highest BCUT2D eigenvalue weighted by Crippen LogP contribution is 2.16. The predicted molar refractivity (Wildman–Crippen MR) is 97.9 cm³/mol. The average molecular weight is 333 g/mol. The van der Waals surface area contributed by atoms with Crippen molar-refractivity contribution in [1.82, 2.24) is 5.32 Å². The molecule has 1 atom stereocenters. The summed E-state index contributed by atoms with van der Waals surface area (Å²) in [5.74, 6) is -1.08. The van der Waals surface area contributed by atoms with Crippen LogP contribution in [0.3, 0.4) is 0 Å². The topological polar surface area (TPSA) is 66.4 Å². The van der Waals surface area contributed by atoms with Crippen LogP contribution in [0.1, 0.15) is 15.9 Å². The molecule has 25 heavy (non-hydrogen) atoms. The number of Topliss-reactive ketones (excluding diaryl/α,β-unsaturated/α-hetero) is 1. The normalized spacial score (nSPS) is 12.0. The first kappa shape index (κ1) is 16.9. The number of carbonyl (C=O) groups is 2. The van der Waals surface area contributed by atoms with Crippen LogP contribution in [0.4, 0.5) is 0 Å². The summed E-state index contributed by atoms with van der Waals surface area (Å²) in [5, 5.41) is 14.5. The summed E-state index contributed by atoms with van der Waals surface area (Å²) in [6.45, 7) is -0.00540. The third kappa shape index (κ3) is 4.31. The van der Waals surface area contributed by atoms with E-state index in [4.69, 9.17) is 0 Å². The first-order valence-electron chi connectivity index (χ1n) is 8.15. The first-order chi connectivity index (χ1) is 12.1. The maximum absolute atomic E-state index is 12.1. The number of nitrogens with one attached hydrogen (secondary N) is 1. The van der Waals surface area contributed by atoms with Crippen molar-refractivity contribution in [3.05, 3.63) is 83.9 Å². The molecular formula is C21H19NO3. The second kappa shape index (κ2) is 7.73. The van der Waals surface area contributed by atoms with Crippen LogP contribution in [0.5, 0.6) is 0 Å². The minimum Gasteiger partial charge on any atom is -0.480 e. The maximum Gasteiger partial charge on any atom is 0.321 e. The molecule has 0 saturated carbocycles. The van der Waals surface area contributed by atoms with Gasteiger partial charge in [0, 0.05) is 5.56 Å². The Kier molecular flexibility index (Phi) is 5.21. The maximum atomic E-state index is 12.1. The molecule has 3 rings (SSSR count). The van der Waals surface area contributed by atoms with E-state index in [2.05, 4.69) is 5.32 Å². The first-order valence-corrected chi connectivity index (χ1v) is 8.15. The zero-order valence-corrected chi connectivity index (χ0v) is 13.7. The van der Waals surface area contributed by atoms with Crippen molar-refractivity contribution < 1.29 is 14.7 Å². The van der Waals surface area contributed by atoms with Gasteiger partial charge < -0.3 is 5.11 Å². The van der Waals surface area contributed by atoms with E-state index < -0.39 is 12.0 Å². The van der Waals surface area contributed by atoms with Crippen molar-refractivity contribution in [2.75, 3.05) is 6.54 Å². The molecule has 3 aromatic rings. The van der Waals surface area contributed by atoms with E-state index in [1.165, 1.54) is 0 Å². The number of fused-ring (bicyclic) bond motifs is 1. The van der Waals surface area contributed by atoms with Gasteiger partial charge in [-0.1, -0.05) is 72.8 Å². The fraction of sp³-hybridized carbons (Fsp3) is 0.143. The van der Waals surface area contributed by atoms with E-state index in [0.29, 0.717) is 12.0 Å². The van der Waals surface area contributed by atoms with Crippen molar-refractivity contribution in [3.63, 3.8) is 0 Å². The van der Waals surface area contributed by atoms with Gasteiger partial charge in [0.25, 0.3) is 0 Å². The van der Waals surface area contributed by atoms with Gasteiger partial charge >= 0.3 is 5.97 Å². The second-order valence-corrected chi connectivity index (χ2v) is 5.95. The van der Waals surface area contributed by atoms with E-state index in [1.807, 2.05) is 48.5 Å². The molecule has 0 aliphatic heterocycles. The summed E-state index contributed by atoms with van der Waals surface area (Å²) in [6, 6.07) is 21.9. The summed E-state index contributed by atoms with van der Waals surface area (Å²) in [5.41, 5.74) is 1.50. The monoisotopic (exact) mass is 333 g/mol. The SMILES string of the molecule is O=C(CN[C@H](Cc1ccc2ccccc2c1)C(=O)O)c1ccccc1. The Hall–Kier alpha value is -2.98. The van der Waals surface area contributed by atoms with E-state index in [0.717, 1.165) is 16.3 Å². The molecule has 0 fully saturated rings. The summed E-state index contributed by atoms with van der Waals surface area (Å²) in [7, 11) is 0. The van der Waals surface area contributed by atoms with Crippen LogP contribution >= 0.6 is 0 Å². The van der Waals surface area contributed by atoms with E-state index in [9.17, 15) is 14.7 Å². The predicted octanol–water partition coefficient (Wildman–Crippen LogP) is 3.31. The highest BCUT2D eigenvalue weighted by atomic mass is 16.4. The minimum absolute atomic E-state index is 0.00540. The Morgan fingerprint density at radius 3 is 2.28 bits per heavy atom. The van der Waals surface area contributed by atoms with Gasteiger partial charge in [-0.05, 0) is 22.8 Å². The molecule has 0 amide bonds. The Morgan fingerprint density at radius 2 is 1.56 bits per heavy atom. The van der Waals surface area contributed by atoms with Crippen molar-refractivity contribution in [2.45, 2.75) is 12.5 Å². The summed E-state index contributed by atoms with van der Waals surface area (Å²) in [6.07, 6.45) is 0.322. The minimum atomic E-state index is -0.964. The van der Waals surface area contributed by atoms with Gasteiger partial charge in [0.05, 0.1) is 6.54 Å². The molecule has 2 N–H and O–H groups in total. The van der Waals surface area contributed by atoms with Gasteiger partial charge in [-0.25, -0.2) is 0 Å². The van der Waals surface area contributed by atoms with Gasteiger partial charge in [-0.2, -0.15) is 0 Å². The molecule has 0 aromatic heterocycles. The molecule has 0 spiro atoms. The number of hydrogen-bond acceptors (Lipinski definition) is 3. The third-order valence-electron chi connectivity index (χ3n) is 4.16. The number of carboxylic acids is 1. The Morgan fingerprint density at radius 1 is 0.880 bits per heavy atom. The van der Waals surface area contributed by atoms with Crippen LogP contribution in [0.15, 0.2) is 72.8 Å². The quantitative estimate of drug-likeness (QED) is 0.651. The van der Waals surface area contributed by atoms with E-state index >= 15 is 0 Å². The van der Waals surface area contributed by atoms with Crippen LogP contribution in [0.2, 0.25) is 0 Å². The van der Waals surface area contributed by atoms with Crippen LogP contribution < -0.4 is 5.32 Å². The number of carboxylic acid groups (broad SMARTS) is 1. The molecule has 0 bridgehead atoms. The van der Waals surface area contributed by atoms with Gasteiger partial charge in [-0.3, -0.25) is 14.9 Å². The standard InChI is InChI=1S/C21H19NO3/c23-20(17-7-2-1-3-8-17)14-22-19(21(24)25)13-15-10-11-16-6-4-5-9-18(16)12-15/h1-12,19,22H,13-14H2,(H,24,25)/t19-/m1/s1. The zero-order chi connectivity index (χ0) is 17.6. The lowest BCUT2D eigenvalue weighted by Crippen LogP contribution is -2.41. The lowest BCUT2D eigenvalue weighted by Gasteiger charge is -2.14. The van der Waals surface area contributed by atoms with Crippen molar-refractivity contribution in [2.24, 2.45) is 0 Å². The lowest BCUT2D eigenvalue weighted by atomic mass is 10.0. The third-order valence-corrected chi connectivity index (χ3v) is 4.16. The van der Waals surface area contributed by atoms with E-state index in [-0.39, 0.29) is 12.3 Å². The molecule has 0 heterocycles.